The van der Waals surface area contributed by atoms with Gasteiger partial charge in [-0.3, -0.25) is 14.5 Å². The molecule has 1 aliphatic rings. The molecule has 0 saturated heterocycles. The van der Waals surface area contributed by atoms with Crippen molar-refractivity contribution in [2.45, 2.75) is 39.8 Å². The molecule has 0 aliphatic carbocycles. The minimum Gasteiger partial charge on any atom is -0.444 e. The topological polar surface area (TPSA) is 129 Å². The monoisotopic (exact) mass is 462 g/mol. The number of H-pyrrole nitrogens is 1. The number of carbonyl (C=O) groups excluding carboxylic acids is 3. The Bertz CT molecular complexity index is 1250. The molecule has 34 heavy (non-hydrogen) atoms. The van der Waals surface area contributed by atoms with Crippen molar-refractivity contribution in [3.63, 3.8) is 0 Å². The largest absolute Gasteiger partial charge is 0.444 e. The fourth-order valence-electron chi connectivity index (χ4n) is 3.67. The van der Waals surface area contributed by atoms with Gasteiger partial charge in [-0.05, 0) is 45.0 Å². The fraction of sp³-hybridized carbons (Fsp3) is 0.292. The molecule has 0 spiro atoms. The first-order valence-electron chi connectivity index (χ1n) is 10.8. The molecule has 4 heterocycles. The molecule has 0 aromatic carbocycles. The van der Waals surface area contributed by atoms with Gasteiger partial charge in [-0.2, -0.15) is 0 Å². The summed E-state index contributed by atoms with van der Waals surface area (Å²) in [5.74, 6) is 0.460. The minimum atomic E-state index is -0.676. The summed E-state index contributed by atoms with van der Waals surface area (Å²) in [6.45, 7) is 6.80. The molecule has 4 rings (SSSR count). The third kappa shape index (κ3) is 5.06. The second-order valence-electron chi connectivity index (χ2n) is 8.94. The molecular formula is C24H26N6O4. The Hall–Kier alpha value is -4.21. The fourth-order valence-corrected chi connectivity index (χ4v) is 3.67. The first-order valence-corrected chi connectivity index (χ1v) is 10.8. The average Bonchev–Trinajstić information content (AvgIpc) is 3.12. The number of hydrogen-bond donors (Lipinski definition) is 3. The zero-order valence-corrected chi connectivity index (χ0v) is 19.4. The van der Waals surface area contributed by atoms with Gasteiger partial charge in [0.2, 0.25) is 5.91 Å². The summed E-state index contributed by atoms with van der Waals surface area (Å²) in [5.41, 5.74) is 2.21. The van der Waals surface area contributed by atoms with E-state index in [9.17, 15) is 14.4 Å². The Morgan fingerprint density at radius 2 is 1.85 bits per heavy atom. The Labute approximate surface area is 196 Å². The highest BCUT2D eigenvalue weighted by Crippen LogP contribution is 2.38. The number of fused-ring (bicyclic) bond motifs is 1. The highest BCUT2D eigenvalue weighted by atomic mass is 16.6. The number of pyridine rings is 2. The number of nitrogens with zero attached hydrogens (tertiary/aromatic N) is 3. The van der Waals surface area contributed by atoms with Crippen LogP contribution in [0.3, 0.4) is 0 Å². The number of ether oxygens (including phenoxy) is 1. The average molecular weight is 463 g/mol. The summed E-state index contributed by atoms with van der Waals surface area (Å²) < 4.78 is 5.46. The van der Waals surface area contributed by atoms with E-state index in [-0.39, 0.29) is 24.8 Å². The molecule has 0 fully saturated rings. The van der Waals surface area contributed by atoms with Crippen molar-refractivity contribution in [2.75, 3.05) is 17.2 Å². The number of rotatable bonds is 4. The molecule has 0 saturated carbocycles. The van der Waals surface area contributed by atoms with Gasteiger partial charge in [0, 0.05) is 30.6 Å². The van der Waals surface area contributed by atoms with Gasteiger partial charge in [0.15, 0.2) is 5.78 Å². The summed E-state index contributed by atoms with van der Waals surface area (Å²) in [7, 11) is 0. The second-order valence-corrected chi connectivity index (χ2v) is 8.94. The molecule has 0 bridgehead atoms. The minimum absolute atomic E-state index is 0.108. The lowest BCUT2D eigenvalue weighted by Gasteiger charge is -2.29. The van der Waals surface area contributed by atoms with E-state index >= 15 is 0 Å². The van der Waals surface area contributed by atoms with E-state index in [0.29, 0.717) is 39.8 Å². The first kappa shape index (κ1) is 23.0. The Kier molecular flexibility index (Phi) is 6.06. The number of aromatic nitrogens is 3. The van der Waals surface area contributed by atoms with Gasteiger partial charge in [0.1, 0.15) is 17.2 Å². The highest BCUT2D eigenvalue weighted by Gasteiger charge is 2.34. The zero-order valence-electron chi connectivity index (χ0n) is 19.4. The van der Waals surface area contributed by atoms with Crippen LogP contribution >= 0.6 is 0 Å². The third-order valence-corrected chi connectivity index (χ3v) is 4.96. The highest BCUT2D eigenvalue weighted by molar-refractivity contribution is 6.09. The van der Waals surface area contributed by atoms with Crippen LogP contribution in [0.2, 0.25) is 0 Å². The van der Waals surface area contributed by atoms with Gasteiger partial charge < -0.3 is 20.4 Å². The van der Waals surface area contributed by atoms with E-state index in [1.165, 1.54) is 11.8 Å². The number of hydrogen-bond acceptors (Lipinski definition) is 7. The third-order valence-electron chi connectivity index (χ3n) is 4.96. The van der Waals surface area contributed by atoms with E-state index in [0.717, 1.165) is 0 Å². The van der Waals surface area contributed by atoms with E-state index in [1.54, 1.807) is 57.4 Å². The van der Waals surface area contributed by atoms with Gasteiger partial charge in [-0.1, -0.05) is 6.07 Å². The molecule has 3 N–H and O–H groups in total. The Balaban J connectivity index is 1.77. The standard InChI is InChI=1S/C24H26N6O4/c1-14(31)27-19-11-15(8-10-26-19)21-22(29-18-7-5-6-9-25-18)20-16(28-21)12-30(13-17(20)32)23(33)34-24(2,3)4/h5-11,28H,12-13H2,1-4H3,(H,25,29)(H,26,27,31). The predicted molar refractivity (Wildman–Crippen MR) is 127 cm³/mol. The zero-order chi connectivity index (χ0) is 24.5. The lowest BCUT2D eigenvalue weighted by atomic mass is 10.0. The number of carbonyl (C=O) groups is 3. The number of aromatic amines is 1. The summed E-state index contributed by atoms with van der Waals surface area (Å²) in [4.78, 5) is 50.5. The molecular weight excluding hydrogens is 436 g/mol. The summed E-state index contributed by atoms with van der Waals surface area (Å²) in [6.07, 6.45) is 2.66. The van der Waals surface area contributed by atoms with Crippen LogP contribution in [-0.4, -0.2) is 49.8 Å². The molecule has 3 aromatic rings. The lowest BCUT2D eigenvalue weighted by molar-refractivity contribution is -0.114. The van der Waals surface area contributed by atoms with Crippen LogP contribution in [0.25, 0.3) is 11.3 Å². The summed E-state index contributed by atoms with van der Waals surface area (Å²) >= 11 is 0. The van der Waals surface area contributed by atoms with Crippen LogP contribution in [0.15, 0.2) is 42.7 Å². The van der Waals surface area contributed by atoms with Crippen molar-refractivity contribution in [2.24, 2.45) is 0 Å². The first-order chi connectivity index (χ1) is 16.1. The van der Waals surface area contributed by atoms with Crippen molar-refractivity contribution in [1.82, 2.24) is 19.9 Å². The quantitative estimate of drug-likeness (QED) is 0.532. The van der Waals surface area contributed by atoms with Gasteiger partial charge in [0.05, 0.1) is 30.0 Å². The molecule has 0 radical (unpaired) electrons. The molecule has 10 heteroatoms. The van der Waals surface area contributed by atoms with Crippen LogP contribution in [0.4, 0.5) is 22.1 Å². The Morgan fingerprint density at radius 1 is 1.09 bits per heavy atom. The second kappa shape index (κ2) is 8.97. The Morgan fingerprint density at radius 3 is 2.53 bits per heavy atom. The molecule has 176 valence electrons. The van der Waals surface area contributed by atoms with Crippen LogP contribution in [0.1, 0.15) is 43.7 Å². The number of anilines is 3. The SMILES string of the molecule is CC(=O)Nc1cc(-c2[nH]c3c(c2Nc2ccccn2)C(=O)CN(C(=O)OC(C)(C)C)C3)ccn1. The number of nitrogens with one attached hydrogen (secondary N) is 3. The molecule has 2 amide bonds. The van der Waals surface area contributed by atoms with E-state index in [2.05, 4.69) is 25.6 Å². The molecule has 3 aromatic heterocycles. The molecule has 0 unspecified atom stereocenters. The number of ketones is 1. The molecule has 0 atom stereocenters. The van der Waals surface area contributed by atoms with E-state index < -0.39 is 11.7 Å². The summed E-state index contributed by atoms with van der Waals surface area (Å²) in [6, 6.07) is 8.89. The van der Waals surface area contributed by atoms with Crippen molar-refractivity contribution in [3.8, 4) is 11.3 Å². The van der Waals surface area contributed by atoms with Crippen molar-refractivity contribution >= 4 is 35.1 Å². The van der Waals surface area contributed by atoms with Crippen LogP contribution in [-0.2, 0) is 16.1 Å². The molecule has 10 nitrogen and oxygen atoms in total. The maximum atomic E-state index is 13.2. The van der Waals surface area contributed by atoms with Crippen molar-refractivity contribution < 1.29 is 19.1 Å². The van der Waals surface area contributed by atoms with Crippen LogP contribution in [0, 0.1) is 0 Å². The lowest BCUT2D eigenvalue weighted by Crippen LogP contribution is -2.42. The summed E-state index contributed by atoms with van der Waals surface area (Å²) in [5, 5.41) is 5.91. The normalized spacial score (nSPS) is 13.3. The van der Waals surface area contributed by atoms with E-state index in [4.69, 9.17) is 4.74 Å². The maximum Gasteiger partial charge on any atom is 0.411 e. The number of amides is 2. The van der Waals surface area contributed by atoms with Gasteiger partial charge in [-0.25, -0.2) is 14.8 Å². The van der Waals surface area contributed by atoms with Gasteiger partial charge in [-0.15, -0.1) is 0 Å². The van der Waals surface area contributed by atoms with Crippen molar-refractivity contribution in [3.05, 3.63) is 54.0 Å². The van der Waals surface area contributed by atoms with Crippen LogP contribution in [0.5, 0.6) is 0 Å². The predicted octanol–water partition coefficient (Wildman–Crippen LogP) is 4.11. The van der Waals surface area contributed by atoms with Gasteiger partial charge >= 0.3 is 6.09 Å². The maximum absolute atomic E-state index is 13.2. The molecule has 1 aliphatic heterocycles. The van der Waals surface area contributed by atoms with Crippen molar-refractivity contribution in [1.29, 1.82) is 0 Å². The van der Waals surface area contributed by atoms with Crippen LogP contribution < -0.4 is 10.6 Å². The number of Topliss-reactive ketones (excluding diaryl/α,β-unsaturated/α-hetero) is 1. The van der Waals surface area contributed by atoms with Gasteiger partial charge in [0.25, 0.3) is 0 Å². The van der Waals surface area contributed by atoms with E-state index in [1.807, 2.05) is 6.07 Å². The smallest absolute Gasteiger partial charge is 0.411 e.